The van der Waals surface area contributed by atoms with Crippen molar-refractivity contribution in [1.29, 1.82) is 0 Å². The molecule has 1 N–H and O–H groups in total. The van der Waals surface area contributed by atoms with Gasteiger partial charge in [-0.1, -0.05) is 49.9 Å². The van der Waals surface area contributed by atoms with E-state index in [2.05, 4.69) is 5.32 Å². The number of carbonyl (C=O) groups is 2. The van der Waals surface area contributed by atoms with Gasteiger partial charge in [-0.2, -0.15) is 0 Å². The molecular formula is C27H35ClN2O4. The summed E-state index contributed by atoms with van der Waals surface area (Å²) in [6.07, 6.45) is 5.96. The molecule has 1 aliphatic carbocycles. The number of ether oxygens (including phenoxy) is 2. The number of benzene rings is 2. The Morgan fingerprint density at radius 1 is 1.12 bits per heavy atom. The third kappa shape index (κ3) is 7.13. The van der Waals surface area contributed by atoms with Crippen molar-refractivity contribution in [1.82, 2.24) is 10.2 Å². The maximum Gasteiger partial charge on any atom is 0.261 e. The molecule has 1 saturated carbocycles. The number of carbonyl (C=O) groups excluding carboxylic acids is 2. The van der Waals surface area contributed by atoms with E-state index in [1.165, 1.54) is 6.42 Å². The number of methoxy groups -OCH3 is 1. The maximum absolute atomic E-state index is 13.4. The van der Waals surface area contributed by atoms with Crippen molar-refractivity contribution in [2.24, 2.45) is 0 Å². The highest BCUT2D eigenvalue weighted by Crippen LogP contribution is 2.23. The largest absolute Gasteiger partial charge is 0.497 e. The second kappa shape index (κ2) is 12.7. The number of rotatable bonds is 10. The Morgan fingerprint density at radius 2 is 1.88 bits per heavy atom. The van der Waals surface area contributed by atoms with Gasteiger partial charge in [0.05, 0.1) is 7.11 Å². The molecule has 0 aliphatic heterocycles. The zero-order valence-corrected chi connectivity index (χ0v) is 21.1. The summed E-state index contributed by atoms with van der Waals surface area (Å²) < 4.78 is 11.1. The van der Waals surface area contributed by atoms with Gasteiger partial charge in [0, 0.05) is 17.6 Å². The molecule has 0 bridgehead atoms. The van der Waals surface area contributed by atoms with E-state index in [4.69, 9.17) is 21.1 Å². The second-order valence-corrected chi connectivity index (χ2v) is 9.25. The number of hydrogen-bond acceptors (Lipinski definition) is 4. The highest BCUT2D eigenvalue weighted by Gasteiger charge is 2.30. The topological polar surface area (TPSA) is 67.9 Å². The first-order chi connectivity index (χ1) is 16.4. The Bertz CT molecular complexity index is 975. The maximum atomic E-state index is 13.4. The monoisotopic (exact) mass is 486 g/mol. The second-order valence-electron chi connectivity index (χ2n) is 8.84. The van der Waals surface area contributed by atoms with Crippen LogP contribution in [0.4, 0.5) is 0 Å². The molecule has 7 heteroatoms. The quantitative estimate of drug-likeness (QED) is 0.495. The summed E-state index contributed by atoms with van der Waals surface area (Å²) in [7, 11) is 1.61. The Labute approximate surface area is 207 Å². The van der Waals surface area contributed by atoms with E-state index >= 15 is 0 Å². The van der Waals surface area contributed by atoms with Gasteiger partial charge in [-0.15, -0.1) is 0 Å². The van der Waals surface area contributed by atoms with Gasteiger partial charge in [0.2, 0.25) is 5.91 Å². The molecule has 0 aromatic heterocycles. The van der Waals surface area contributed by atoms with E-state index in [0.717, 1.165) is 36.8 Å². The molecule has 34 heavy (non-hydrogen) atoms. The van der Waals surface area contributed by atoms with E-state index < -0.39 is 6.04 Å². The van der Waals surface area contributed by atoms with Crippen molar-refractivity contribution < 1.29 is 19.1 Å². The van der Waals surface area contributed by atoms with Gasteiger partial charge < -0.3 is 19.7 Å². The van der Waals surface area contributed by atoms with Crippen molar-refractivity contribution in [3.63, 3.8) is 0 Å². The number of hydrogen-bond donors (Lipinski definition) is 1. The van der Waals surface area contributed by atoms with Crippen LogP contribution in [0.2, 0.25) is 5.02 Å². The number of nitrogens with zero attached hydrogens (tertiary/aromatic N) is 1. The third-order valence-electron chi connectivity index (χ3n) is 6.32. The van der Waals surface area contributed by atoms with Crippen molar-refractivity contribution >= 4 is 23.4 Å². The molecule has 0 heterocycles. The van der Waals surface area contributed by atoms with Crippen LogP contribution in [0.5, 0.6) is 11.5 Å². The molecule has 0 spiro atoms. The van der Waals surface area contributed by atoms with E-state index in [-0.39, 0.29) is 31.0 Å². The van der Waals surface area contributed by atoms with Crippen LogP contribution >= 0.6 is 11.6 Å². The first-order valence-corrected chi connectivity index (χ1v) is 12.4. The Balaban J connectivity index is 1.77. The minimum atomic E-state index is -0.587. The van der Waals surface area contributed by atoms with Gasteiger partial charge in [-0.05, 0) is 67.6 Å². The molecule has 2 amide bonds. The van der Waals surface area contributed by atoms with Crippen LogP contribution in [0.3, 0.4) is 0 Å². The van der Waals surface area contributed by atoms with Crippen LogP contribution in [0.15, 0.2) is 42.5 Å². The minimum absolute atomic E-state index is 0.104. The summed E-state index contributed by atoms with van der Waals surface area (Å²) in [5, 5.41) is 3.83. The fourth-order valence-electron chi connectivity index (χ4n) is 4.37. The minimum Gasteiger partial charge on any atom is -0.497 e. The lowest BCUT2D eigenvalue weighted by molar-refractivity contribution is -0.143. The molecule has 2 aromatic carbocycles. The average Bonchev–Trinajstić information content (AvgIpc) is 2.85. The average molecular weight is 487 g/mol. The van der Waals surface area contributed by atoms with Crippen molar-refractivity contribution in [2.45, 2.75) is 71.0 Å². The molecular weight excluding hydrogens is 452 g/mol. The number of halogens is 1. The predicted molar refractivity (Wildman–Crippen MR) is 134 cm³/mol. The molecule has 3 rings (SSSR count). The number of aryl methyl sites for hydroxylation is 1. The summed E-state index contributed by atoms with van der Waals surface area (Å²) in [4.78, 5) is 28.3. The normalized spacial score (nSPS) is 14.8. The summed E-state index contributed by atoms with van der Waals surface area (Å²) >= 11 is 6.10. The number of amides is 2. The third-order valence-corrected chi connectivity index (χ3v) is 6.74. The van der Waals surface area contributed by atoms with Gasteiger partial charge in [0.25, 0.3) is 5.91 Å². The summed E-state index contributed by atoms with van der Waals surface area (Å²) in [6.45, 7) is 3.93. The highest BCUT2D eigenvalue weighted by molar-refractivity contribution is 6.31. The standard InChI is InChI=1S/C27H35ClN2O4/c1-4-25(27(32)29-21-10-6-5-7-11-21)30(17-20-9-8-12-22(16-20)33-3)26(31)18-34-23-13-14-24(28)19(2)15-23/h8-9,12-16,21,25H,4-7,10-11,17-18H2,1-3H3,(H,29,32)/t25-/m0/s1. The van der Waals surface area contributed by atoms with Crippen LogP contribution < -0.4 is 14.8 Å². The summed E-state index contributed by atoms with van der Waals surface area (Å²) in [6, 6.07) is 12.4. The summed E-state index contributed by atoms with van der Waals surface area (Å²) in [5.74, 6) is 0.919. The molecule has 184 valence electrons. The molecule has 0 saturated heterocycles. The lowest BCUT2D eigenvalue weighted by Gasteiger charge is -2.32. The van der Waals surface area contributed by atoms with Gasteiger partial charge in [0.1, 0.15) is 17.5 Å². The molecule has 0 radical (unpaired) electrons. The van der Waals surface area contributed by atoms with Crippen LogP contribution in [-0.2, 0) is 16.1 Å². The first-order valence-electron chi connectivity index (χ1n) is 12.0. The fourth-order valence-corrected chi connectivity index (χ4v) is 4.48. The van der Waals surface area contributed by atoms with Crippen LogP contribution in [-0.4, -0.2) is 42.5 Å². The van der Waals surface area contributed by atoms with Crippen LogP contribution in [0.1, 0.15) is 56.6 Å². The van der Waals surface area contributed by atoms with E-state index in [9.17, 15) is 9.59 Å². The zero-order valence-electron chi connectivity index (χ0n) is 20.3. The molecule has 1 atom stereocenters. The van der Waals surface area contributed by atoms with Crippen LogP contribution in [0.25, 0.3) is 0 Å². The van der Waals surface area contributed by atoms with E-state index in [0.29, 0.717) is 22.9 Å². The van der Waals surface area contributed by atoms with Crippen molar-refractivity contribution in [2.75, 3.05) is 13.7 Å². The predicted octanol–water partition coefficient (Wildman–Crippen LogP) is 5.29. The molecule has 1 aliphatic rings. The first kappa shape index (κ1) is 25.9. The van der Waals surface area contributed by atoms with Crippen LogP contribution in [0, 0.1) is 6.92 Å². The zero-order chi connectivity index (χ0) is 24.5. The van der Waals surface area contributed by atoms with E-state index in [1.807, 2.05) is 38.1 Å². The fraction of sp³-hybridized carbons (Fsp3) is 0.481. The van der Waals surface area contributed by atoms with Gasteiger partial charge in [-0.3, -0.25) is 9.59 Å². The van der Waals surface area contributed by atoms with Crippen molar-refractivity contribution in [3.8, 4) is 11.5 Å². The Kier molecular flexibility index (Phi) is 9.63. The van der Waals surface area contributed by atoms with Crippen molar-refractivity contribution in [3.05, 3.63) is 58.6 Å². The Hall–Kier alpha value is -2.73. The molecule has 2 aromatic rings. The lowest BCUT2D eigenvalue weighted by atomic mass is 9.95. The van der Waals surface area contributed by atoms with Gasteiger partial charge in [0.15, 0.2) is 6.61 Å². The molecule has 1 fully saturated rings. The number of nitrogens with one attached hydrogen (secondary N) is 1. The molecule has 0 unspecified atom stereocenters. The summed E-state index contributed by atoms with van der Waals surface area (Å²) in [5.41, 5.74) is 1.76. The SMILES string of the molecule is CC[C@@H](C(=O)NC1CCCCC1)N(Cc1cccc(OC)c1)C(=O)COc1ccc(Cl)c(C)c1. The lowest BCUT2D eigenvalue weighted by Crippen LogP contribution is -2.52. The molecule has 6 nitrogen and oxygen atoms in total. The smallest absolute Gasteiger partial charge is 0.261 e. The highest BCUT2D eigenvalue weighted by atomic mass is 35.5. The van der Waals surface area contributed by atoms with E-state index in [1.54, 1.807) is 30.2 Å². The van der Waals surface area contributed by atoms with Gasteiger partial charge in [-0.25, -0.2) is 0 Å². The Morgan fingerprint density at radius 3 is 2.56 bits per heavy atom. The van der Waals surface area contributed by atoms with Gasteiger partial charge >= 0.3 is 0 Å².